The summed E-state index contributed by atoms with van der Waals surface area (Å²) in [5.74, 6) is -0.966. The molecule has 0 aliphatic carbocycles. The lowest BCUT2D eigenvalue weighted by Gasteiger charge is -2.17. The topological polar surface area (TPSA) is 113 Å². The number of aromatic nitrogens is 5. The SMILES string of the molecule is O[C@@H]1CN(c2nc(-c3cc(-c4ccon4)n(Cc4ccccc4F)n3)ncc2F)C[C@H]1O. The van der Waals surface area contributed by atoms with Crippen molar-refractivity contribution in [2.75, 3.05) is 18.0 Å². The highest BCUT2D eigenvalue weighted by Gasteiger charge is 2.32. The molecule has 2 atom stereocenters. The van der Waals surface area contributed by atoms with Crippen molar-refractivity contribution in [3.05, 3.63) is 66.1 Å². The molecule has 0 spiro atoms. The number of hydrogen-bond donors (Lipinski definition) is 2. The molecular formula is C21H18F2N6O3. The van der Waals surface area contributed by atoms with Crippen LogP contribution in [0.3, 0.4) is 0 Å². The molecule has 4 aromatic rings. The third kappa shape index (κ3) is 3.72. The van der Waals surface area contributed by atoms with Gasteiger partial charge in [-0.1, -0.05) is 23.4 Å². The van der Waals surface area contributed by atoms with Crippen molar-refractivity contribution < 1.29 is 23.5 Å². The first kappa shape index (κ1) is 20.2. The van der Waals surface area contributed by atoms with E-state index in [2.05, 4.69) is 20.2 Å². The largest absolute Gasteiger partial charge is 0.389 e. The zero-order valence-corrected chi connectivity index (χ0v) is 16.6. The Morgan fingerprint density at radius 1 is 1.03 bits per heavy atom. The Balaban J connectivity index is 1.54. The number of nitrogens with zero attached hydrogens (tertiary/aromatic N) is 6. The lowest BCUT2D eigenvalue weighted by atomic mass is 10.2. The molecule has 32 heavy (non-hydrogen) atoms. The molecule has 2 N–H and O–H groups in total. The minimum absolute atomic E-state index is 0.0421. The first-order valence-corrected chi connectivity index (χ1v) is 9.85. The normalized spacial score (nSPS) is 18.4. The van der Waals surface area contributed by atoms with Crippen LogP contribution in [0.4, 0.5) is 14.6 Å². The summed E-state index contributed by atoms with van der Waals surface area (Å²) >= 11 is 0. The van der Waals surface area contributed by atoms with Gasteiger partial charge < -0.3 is 19.6 Å². The van der Waals surface area contributed by atoms with Gasteiger partial charge in [-0.05, 0) is 12.1 Å². The van der Waals surface area contributed by atoms with Gasteiger partial charge in [-0.15, -0.1) is 0 Å². The van der Waals surface area contributed by atoms with Crippen molar-refractivity contribution in [3.8, 4) is 22.9 Å². The fourth-order valence-electron chi connectivity index (χ4n) is 3.63. The van der Waals surface area contributed by atoms with Crippen LogP contribution in [0.2, 0.25) is 0 Å². The molecule has 164 valence electrons. The molecule has 1 aliphatic rings. The summed E-state index contributed by atoms with van der Waals surface area (Å²) in [6.45, 7) is 0.203. The van der Waals surface area contributed by atoms with Gasteiger partial charge in [-0.3, -0.25) is 4.68 Å². The maximum absolute atomic E-state index is 14.4. The number of β-amino-alcohol motifs (C(OH)–C–C–N with tert-alkyl or cyclic N) is 2. The molecule has 11 heteroatoms. The van der Waals surface area contributed by atoms with Crippen LogP contribution in [0.25, 0.3) is 22.9 Å². The van der Waals surface area contributed by atoms with Crippen LogP contribution in [-0.4, -0.2) is 60.4 Å². The molecular weight excluding hydrogens is 422 g/mol. The quantitative estimate of drug-likeness (QED) is 0.484. The molecule has 9 nitrogen and oxygen atoms in total. The van der Waals surface area contributed by atoms with Gasteiger partial charge in [0.05, 0.1) is 30.6 Å². The van der Waals surface area contributed by atoms with Gasteiger partial charge in [-0.2, -0.15) is 5.10 Å². The van der Waals surface area contributed by atoms with Crippen LogP contribution in [0.1, 0.15) is 5.56 Å². The molecule has 1 saturated heterocycles. The van der Waals surface area contributed by atoms with E-state index < -0.39 is 18.0 Å². The molecule has 0 amide bonds. The predicted octanol–water partition coefficient (Wildman–Crippen LogP) is 1.86. The Labute approximate surface area is 180 Å². The number of anilines is 1. The number of benzene rings is 1. The third-order valence-electron chi connectivity index (χ3n) is 5.27. The Kier molecular flexibility index (Phi) is 5.11. The Bertz CT molecular complexity index is 1240. The van der Waals surface area contributed by atoms with E-state index >= 15 is 0 Å². The second-order valence-corrected chi connectivity index (χ2v) is 7.45. The van der Waals surface area contributed by atoms with Crippen LogP contribution in [0.15, 0.2) is 53.4 Å². The minimum Gasteiger partial charge on any atom is -0.389 e. The second kappa shape index (κ2) is 8.09. The van der Waals surface area contributed by atoms with Gasteiger partial charge in [0.2, 0.25) is 0 Å². The summed E-state index contributed by atoms with van der Waals surface area (Å²) in [6.07, 6.45) is 0.435. The lowest BCUT2D eigenvalue weighted by Crippen LogP contribution is -2.24. The highest BCUT2D eigenvalue weighted by atomic mass is 19.1. The van der Waals surface area contributed by atoms with Gasteiger partial charge in [-0.25, -0.2) is 18.7 Å². The molecule has 4 heterocycles. The molecule has 3 aromatic heterocycles. The van der Waals surface area contributed by atoms with E-state index in [9.17, 15) is 19.0 Å². The van der Waals surface area contributed by atoms with Crippen molar-refractivity contribution in [1.82, 2.24) is 24.9 Å². The smallest absolute Gasteiger partial charge is 0.183 e. The van der Waals surface area contributed by atoms with Crippen LogP contribution in [0.5, 0.6) is 0 Å². The summed E-state index contributed by atoms with van der Waals surface area (Å²) in [5, 5.41) is 28.0. The van der Waals surface area contributed by atoms with Crippen LogP contribution in [-0.2, 0) is 6.54 Å². The van der Waals surface area contributed by atoms with Gasteiger partial charge in [0.1, 0.15) is 23.5 Å². The van der Waals surface area contributed by atoms with Crippen molar-refractivity contribution in [3.63, 3.8) is 0 Å². The highest BCUT2D eigenvalue weighted by molar-refractivity contribution is 5.63. The number of halogens is 2. The average Bonchev–Trinajstić information content (AvgIpc) is 3.51. The Morgan fingerprint density at radius 2 is 1.81 bits per heavy atom. The summed E-state index contributed by atoms with van der Waals surface area (Å²) < 4.78 is 35.1. The summed E-state index contributed by atoms with van der Waals surface area (Å²) in [5.41, 5.74) is 1.76. The molecule has 1 aliphatic heterocycles. The van der Waals surface area contributed by atoms with E-state index in [1.807, 2.05) is 0 Å². The maximum atomic E-state index is 14.4. The van der Waals surface area contributed by atoms with Crippen LogP contribution >= 0.6 is 0 Å². The molecule has 0 bridgehead atoms. The van der Waals surface area contributed by atoms with E-state index in [4.69, 9.17) is 4.52 Å². The van der Waals surface area contributed by atoms with E-state index in [1.54, 1.807) is 35.0 Å². The maximum Gasteiger partial charge on any atom is 0.183 e. The number of aliphatic hydroxyl groups excluding tert-OH is 2. The van der Waals surface area contributed by atoms with Gasteiger partial charge in [0.15, 0.2) is 17.5 Å². The monoisotopic (exact) mass is 440 g/mol. The average molecular weight is 440 g/mol. The van der Waals surface area contributed by atoms with E-state index in [0.717, 1.165) is 6.20 Å². The first-order valence-electron chi connectivity index (χ1n) is 9.85. The van der Waals surface area contributed by atoms with Crippen molar-refractivity contribution >= 4 is 5.82 Å². The highest BCUT2D eigenvalue weighted by Crippen LogP contribution is 2.28. The standard InChI is InChI=1S/C21H18F2N6O3/c22-13-4-2-1-3-12(13)9-29-17(15-5-6-32-27-15)7-16(26-29)20-24-8-14(23)21(25-20)28-10-18(30)19(31)11-28/h1-8,18-19,30-31H,9-11H2/t18-,19-/m1/s1. The van der Waals surface area contributed by atoms with E-state index in [1.165, 1.54) is 17.2 Å². The van der Waals surface area contributed by atoms with Gasteiger partial charge in [0.25, 0.3) is 0 Å². The molecule has 1 fully saturated rings. The zero-order chi connectivity index (χ0) is 22.2. The third-order valence-corrected chi connectivity index (χ3v) is 5.27. The second-order valence-electron chi connectivity index (χ2n) is 7.45. The fraction of sp³-hybridized carbons (Fsp3) is 0.238. The summed E-state index contributed by atoms with van der Waals surface area (Å²) in [6, 6.07) is 9.65. The van der Waals surface area contributed by atoms with E-state index in [0.29, 0.717) is 22.6 Å². The Morgan fingerprint density at radius 3 is 2.53 bits per heavy atom. The number of aliphatic hydroxyl groups is 2. The summed E-state index contributed by atoms with van der Waals surface area (Å²) in [4.78, 5) is 9.77. The van der Waals surface area contributed by atoms with Crippen molar-refractivity contribution in [2.45, 2.75) is 18.8 Å². The molecule has 0 radical (unpaired) electrons. The molecule has 5 rings (SSSR count). The molecule has 0 unspecified atom stereocenters. The zero-order valence-electron chi connectivity index (χ0n) is 16.6. The Hall–Kier alpha value is -3.70. The first-order chi connectivity index (χ1) is 15.5. The number of hydrogen-bond acceptors (Lipinski definition) is 8. The van der Waals surface area contributed by atoms with E-state index in [-0.39, 0.29) is 37.1 Å². The summed E-state index contributed by atoms with van der Waals surface area (Å²) in [7, 11) is 0. The minimum atomic E-state index is -0.994. The van der Waals surface area contributed by atoms with Gasteiger partial charge >= 0.3 is 0 Å². The molecule has 1 aromatic carbocycles. The van der Waals surface area contributed by atoms with Crippen molar-refractivity contribution in [2.24, 2.45) is 0 Å². The molecule has 0 saturated carbocycles. The van der Waals surface area contributed by atoms with Crippen LogP contribution in [0, 0.1) is 11.6 Å². The van der Waals surface area contributed by atoms with Crippen molar-refractivity contribution in [1.29, 1.82) is 0 Å². The lowest BCUT2D eigenvalue weighted by molar-refractivity contribution is 0.0572. The van der Waals surface area contributed by atoms with Gasteiger partial charge in [0, 0.05) is 24.7 Å². The predicted molar refractivity (Wildman–Crippen MR) is 108 cm³/mol. The number of rotatable bonds is 5. The van der Waals surface area contributed by atoms with Crippen LogP contribution < -0.4 is 4.90 Å². The fourth-order valence-corrected chi connectivity index (χ4v) is 3.63.